The summed E-state index contributed by atoms with van der Waals surface area (Å²) < 4.78 is 0. The normalized spacial score (nSPS) is 15.0. The molecule has 2 aromatic rings. The Morgan fingerprint density at radius 2 is 1.77 bits per heavy atom. The highest BCUT2D eigenvalue weighted by atomic mass is 15.6. The van der Waals surface area contributed by atoms with Gasteiger partial charge in [0.25, 0.3) is 0 Å². The molecule has 0 amide bonds. The summed E-state index contributed by atoms with van der Waals surface area (Å²) in [5.41, 5.74) is 1.38. The van der Waals surface area contributed by atoms with Crippen molar-refractivity contribution in [3.05, 3.63) is 54.2 Å². The highest BCUT2D eigenvalue weighted by molar-refractivity contribution is 5.42. The van der Waals surface area contributed by atoms with Gasteiger partial charge >= 0.3 is 0 Å². The number of nitriles is 1. The summed E-state index contributed by atoms with van der Waals surface area (Å²) in [6.07, 6.45) is 1.81. The summed E-state index contributed by atoms with van der Waals surface area (Å²) in [5, 5.41) is 19.2. The lowest BCUT2D eigenvalue weighted by molar-refractivity contribution is 0.253. The van der Waals surface area contributed by atoms with Crippen molar-refractivity contribution in [1.29, 1.82) is 5.26 Å². The lowest BCUT2D eigenvalue weighted by Crippen LogP contribution is -2.44. The molecule has 0 aliphatic carbocycles. The summed E-state index contributed by atoms with van der Waals surface area (Å²) in [5.74, 6) is 1.01. The Hall–Kier alpha value is -2.94. The van der Waals surface area contributed by atoms with Gasteiger partial charge in [-0.2, -0.15) is 5.26 Å². The van der Waals surface area contributed by atoms with E-state index in [1.165, 1.54) is 0 Å². The average molecular weight is 292 g/mol. The summed E-state index contributed by atoms with van der Waals surface area (Å²) in [6.45, 7) is 3.39. The number of benzene rings is 1. The summed E-state index contributed by atoms with van der Waals surface area (Å²) in [7, 11) is 0. The predicted octanol–water partition coefficient (Wildman–Crippen LogP) is 2.77. The van der Waals surface area contributed by atoms with E-state index < -0.39 is 0 Å². The van der Waals surface area contributed by atoms with Crippen molar-refractivity contribution >= 4 is 11.5 Å². The average Bonchev–Trinajstić information content (AvgIpc) is 2.61. The molecule has 0 atom stereocenters. The molecule has 0 radical (unpaired) electrons. The Balaban J connectivity index is 1.55. The van der Waals surface area contributed by atoms with Gasteiger partial charge in [0.1, 0.15) is 5.82 Å². The minimum Gasteiger partial charge on any atom is -0.353 e. The van der Waals surface area contributed by atoms with E-state index in [4.69, 9.17) is 5.26 Å². The summed E-state index contributed by atoms with van der Waals surface area (Å²) in [6, 6.07) is 15.1. The predicted molar refractivity (Wildman–Crippen MR) is 83.7 cm³/mol. The van der Waals surface area contributed by atoms with E-state index >= 15 is 0 Å². The number of nitrogens with zero attached hydrogens (tertiary/aromatic N) is 6. The van der Waals surface area contributed by atoms with Crippen molar-refractivity contribution in [2.45, 2.75) is 0 Å². The Kier molecular flexibility index (Phi) is 4.25. The van der Waals surface area contributed by atoms with Crippen LogP contribution in [0.3, 0.4) is 0 Å². The van der Waals surface area contributed by atoms with Gasteiger partial charge in [0.2, 0.25) is 0 Å². The quantitative estimate of drug-likeness (QED) is 0.816. The fourth-order valence-electron chi connectivity index (χ4n) is 2.27. The van der Waals surface area contributed by atoms with Crippen LogP contribution in [0.25, 0.3) is 0 Å². The molecule has 1 saturated heterocycles. The van der Waals surface area contributed by atoms with Crippen LogP contribution in [-0.2, 0) is 0 Å². The molecule has 0 spiro atoms. The number of hydrogen-bond acceptors (Lipinski definition) is 5. The first-order valence-electron chi connectivity index (χ1n) is 7.18. The van der Waals surface area contributed by atoms with Gasteiger partial charge in [-0.25, -0.2) is 4.98 Å². The number of piperazine rings is 1. The highest BCUT2D eigenvalue weighted by Crippen LogP contribution is 2.16. The van der Waals surface area contributed by atoms with Crippen LogP contribution in [0, 0.1) is 11.3 Å². The summed E-state index contributed by atoms with van der Waals surface area (Å²) in [4.78, 5) is 6.61. The maximum Gasteiger partial charge on any atom is 0.128 e. The van der Waals surface area contributed by atoms with Gasteiger partial charge in [-0.15, -0.1) is 5.11 Å². The molecule has 0 bridgehead atoms. The maximum absolute atomic E-state index is 8.76. The third-order valence-corrected chi connectivity index (χ3v) is 3.51. The lowest BCUT2D eigenvalue weighted by atomic mass is 10.2. The van der Waals surface area contributed by atoms with Gasteiger partial charge in [-0.1, -0.05) is 11.3 Å². The monoisotopic (exact) mass is 292 g/mol. The van der Waals surface area contributed by atoms with Crippen molar-refractivity contribution in [2.24, 2.45) is 10.3 Å². The van der Waals surface area contributed by atoms with E-state index in [0.29, 0.717) is 5.56 Å². The SMILES string of the molecule is N#Cc1ccc(/N=N/N2CCN(c3ccccn3)CC2)cc1. The van der Waals surface area contributed by atoms with E-state index in [-0.39, 0.29) is 0 Å². The smallest absolute Gasteiger partial charge is 0.128 e. The standard InChI is InChI=1S/C16H16N6/c17-13-14-4-6-15(7-5-14)19-20-22-11-9-21(10-12-22)16-3-1-2-8-18-16/h1-8H,9-12H2/b20-19+. The van der Waals surface area contributed by atoms with Gasteiger partial charge in [0.05, 0.1) is 30.4 Å². The first kappa shape index (κ1) is 14.0. The lowest BCUT2D eigenvalue weighted by Gasteiger charge is -2.32. The molecule has 110 valence electrons. The van der Waals surface area contributed by atoms with Gasteiger partial charge in [0, 0.05) is 19.3 Å². The van der Waals surface area contributed by atoms with E-state index in [2.05, 4.69) is 26.3 Å². The van der Waals surface area contributed by atoms with Crippen molar-refractivity contribution in [3.8, 4) is 6.07 Å². The molecule has 0 unspecified atom stereocenters. The van der Waals surface area contributed by atoms with Crippen LogP contribution in [0.5, 0.6) is 0 Å². The number of aromatic nitrogens is 1. The topological polar surface area (TPSA) is 67.9 Å². The molecular formula is C16H16N6. The minimum absolute atomic E-state index is 0.628. The second-order valence-electron chi connectivity index (χ2n) is 4.98. The molecule has 6 heteroatoms. The van der Waals surface area contributed by atoms with Crippen molar-refractivity contribution < 1.29 is 0 Å². The number of rotatable bonds is 3. The van der Waals surface area contributed by atoms with Crippen LogP contribution < -0.4 is 4.90 Å². The molecule has 0 N–H and O–H groups in total. The Labute approximate surface area is 129 Å². The number of hydrogen-bond donors (Lipinski definition) is 0. The Morgan fingerprint density at radius 1 is 1.00 bits per heavy atom. The maximum atomic E-state index is 8.76. The van der Waals surface area contributed by atoms with Crippen LogP contribution in [-0.4, -0.2) is 36.2 Å². The highest BCUT2D eigenvalue weighted by Gasteiger charge is 2.16. The van der Waals surface area contributed by atoms with Crippen molar-refractivity contribution in [1.82, 2.24) is 9.99 Å². The molecule has 1 aliphatic rings. The number of anilines is 1. The fraction of sp³-hybridized carbons (Fsp3) is 0.250. The van der Waals surface area contributed by atoms with Crippen LogP contribution in [0.15, 0.2) is 59.0 Å². The molecule has 6 nitrogen and oxygen atoms in total. The van der Waals surface area contributed by atoms with Crippen LogP contribution >= 0.6 is 0 Å². The molecule has 1 aromatic carbocycles. The third-order valence-electron chi connectivity index (χ3n) is 3.51. The largest absolute Gasteiger partial charge is 0.353 e. The molecule has 22 heavy (non-hydrogen) atoms. The van der Waals surface area contributed by atoms with Crippen LogP contribution in [0.2, 0.25) is 0 Å². The van der Waals surface area contributed by atoms with E-state index in [0.717, 1.165) is 37.7 Å². The van der Waals surface area contributed by atoms with Crippen LogP contribution in [0.4, 0.5) is 11.5 Å². The third kappa shape index (κ3) is 3.38. The van der Waals surface area contributed by atoms with Gasteiger partial charge in [-0.05, 0) is 36.4 Å². The summed E-state index contributed by atoms with van der Waals surface area (Å²) >= 11 is 0. The molecule has 0 saturated carbocycles. The van der Waals surface area contributed by atoms with Gasteiger partial charge in [-0.3, -0.25) is 5.01 Å². The van der Waals surface area contributed by atoms with E-state index in [1.54, 1.807) is 24.3 Å². The molecule has 1 aliphatic heterocycles. The van der Waals surface area contributed by atoms with Gasteiger partial charge in [0.15, 0.2) is 0 Å². The molecule has 3 rings (SSSR count). The molecule has 2 heterocycles. The van der Waals surface area contributed by atoms with Crippen LogP contribution in [0.1, 0.15) is 5.56 Å². The molecular weight excluding hydrogens is 276 g/mol. The van der Waals surface area contributed by atoms with E-state index in [9.17, 15) is 0 Å². The molecule has 1 aromatic heterocycles. The Bertz CT molecular complexity index is 666. The van der Waals surface area contributed by atoms with Crippen molar-refractivity contribution in [3.63, 3.8) is 0 Å². The zero-order valence-corrected chi connectivity index (χ0v) is 12.1. The second kappa shape index (κ2) is 6.68. The first-order chi connectivity index (χ1) is 10.8. The zero-order chi connectivity index (χ0) is 15.2. The molecule has 1 fully saturated rings. The van der Waals surface area contributed by atoms with E-state index in [1.807, 2.05) is 29.4 Å². The fourth-order valence-corrected chi connectivity index (χ4v) is 2.27. The first-order valence-corrected chi connectivity index (χ1v) is 7.18. The number of pyridine rings is 1. The second-order valence-corrected chi connectivity index (χ2v) is 4.98. The zero-order valence-electron chi connectivity index (χ0n) is 12.1. The van der Waals surface area contributed by atoms with Gasteiger partial charge < -0.3 is 4.90 Å². The minimum atomic E-state index is 0.628. The van der Waals surface area contributed by atoms with Crippen molar-refractivity contribution in [2.75, 3.05) is 31.1 Å². The Morgan fingerprint density at radius 3 is 2.41 bits per heavy atom.